The number of benzene rings is 1. The summed E-state index contributed by atoms with van der Waals surface area (Å²) < 4.78 is 0. The van der Waals surface area contributed by atoms with Gasteiger partial charge in [0, 0.05) is 9.52 Å². The van der Waals surface area contributed by atoms with E-state index in [4.69, 9.17) is 0 Å². The zero-order valence-electron chi connectivity index (χ0n) is 22.3. The third-order valence-corrected chi connectivity index (χ3v) is 9.34. The van der Waals surface area contributed by atoms with E-state index in [-0.39, 0.29) is 54.5 Å². The van der Waals surface area contributed by atoms with Gasteiger partial charge in [0.2, 0.25) is 0 Å². The quantitative estimate of drug-likeness (QED) is 0.275. The van der Waals surface area contributed by atoms with Crippen LogP contribution in [0, 0.1) is 47.6 Å². The maximum atomic E-state index is 4.05. The van der Waals surface area contributed by atoms with Crippen molar-refractivity contribution < 1.29 is 21.7 Å². The van der Waals surface area contributed by atoms with Gasteiger partial charge < -0.3 is 22.3 Å². The third kappa shape index (κ3) is 7.31. The van der Waals surface area contributed by atoms with E-state index < -0.39 is 9.52 Å². The molecule has 1 aromatic rings. The molecule has 0 spiro atoms. The van der Waals surface area contributed by atoms with E-state index in [0.717, 1.165) is 0 Å². The van der Waals surface area contributed by atoms with Crippen LogP contribution < -0.4 is 5.19 Å². The minimum absolute atomic E-state index is 0. The number of unbranched alkanes of at least 4 members (excludes halogenated alkanes) is 1. The number of allylic oxidation sites excluding steroid dienone is 8. The molecule has 0 saturated heterocycles. The second-order valence-electron chi connectivity index (χ2n) is 9.39. The van der Waals surface area contributed by atoms with Crippen LogP contribution in [-0.4, -0.2) is 9.52 Å². The fourth-order valence-corrected chi connectivity index (χ4v) is 8.42. The van der Waals surface area contributed by atoms with Crippen molar-refractivity contribution in [1.82, 2.24) is 0 Å². The first kappa shape index (κ1) is 33.3. The van der Waals surface area contributed by atoms with E-state index in [9.17, 15) is 0 Å². The molecule has 0 saturated carbocycles. The van der Waals surface area contributed by atoms with Crippen molar-refractivity contribution in [2.45, 2.75) is 78.7 Å². The van der Waals surface area contributed by atoms with Gasteiger partial charge in [-0.1, -0.05) is 104 Å². The largest absolute Gasteiger partial charge is 4.00 e. The Hall–Kier alpha value is -0.889. The van der Waals surface area contributed by atoms with Crippen molar-refractivity contribution in [3.8, 4) is 0 Å². The molecule has 0 aromatic heterocycles. The summed E-state index contributed by atoms with van der Waals surface area (Å²) in [6.45, 7) is 13.8. The minimum atomic E-state index is -0.549. The molecule has 32 heavy (non-hydrogen) atoms. The Morgan fingerprint density at radius 2 is 1.56 bits per heavy atom. The summed E-state index contributed by atoms with van der Waals surface area (Å²) in [6.07, 6.45) is 19.8. The monoisotopic (exact) mass is 482 g/mol. The molecule has 2 atom stereocenters. The van der Waals surface area contributed by atoms with Crippen LogP contribution in [0.3, 0.4) is 0 Å². The van der Waals surface area contributed by atoms with Crippen LogP contribution in [0.15, 0.2) is 59.2 Å². The Balaban J connectivity index is 0. The SMILES string of the molecule is CCCCC1(CC2([SiH2]c3cc(C)cc(C)c3)[C-]=C(C)C(C)=C2C)C=CC=CC1.[CH3-].[CH3-].[CH3-].[Ti+4]. The average Bonchev–Trinajstić information content (AvgIpc) is 2.83. The molecule has 0 nitrogen and oxygen atoms in total. The summed E-state index contributed by atoms with van der Waals surface area (Å²) in [5, 5.41) is 1.74. The van der Waals surface area contributed by atoms with Gasteiger partial charge in [0.05, 0.1) is 0 Å². The van der Waals surface area contributed by atoms with Gasteiger partial charge in [0.25, 0.3) is 0 Å². The van der Waals surface area contributed by atoms with Crippen LogP contribution in [0.1, 0.15) is 70.9 Å². The number of rotatable bonds is 7. The Kier molecular flexibility index (Phi) is 14.3. The molecular formula is C30H46SiTi. The van der Waals surface area contributed by atoms with E-state index >= 15 is 0 Å². The van der Waals surface area contributed by atoms with Gasteiger partial charge in [-0.15, -0.1) is 6.92 Å². The Labute approximate surface area is 218 Å². The maximum absolute atomic E-state index is 4.05. The van der Waals surface area contributed by atoms with Crippen LogP contribution in [0.4, 0.5) is 0 Å². The van der Waals surface area contributed by atoms with Crippen molar-refractivity contribution in [3.05, 3.63) is 98.7 Å². The molecule has 0 heterocycles. The normalized spacial score (nSPS) is 23.9. The Bertz CT molecular complexity index is 837. The first-order chi connectivity index (χ1) is 13.3. The molecule has 2 heteroatoms. The van der Waals surface area contributed by atoms with Crippen molar-refractivity contribution in [3.63, 3.8) is 0 Å². The van der Waals surface area contributed by atoms with Crippen LogP contribution >= 0.6 is 0 Å². The molecule has 0 bridgehead atoms. The molecule has 174 valence electrons. The van der Waals surface area contributed by atoms with E-state index in [2.05, 4.69) is 90.1 Å². The van der Waals surface area contributed by atoms with E-state index in [1.165, 1.54) is 54.4 Å². The number of hydrogen-bond donors (Lipinski definition) is 0. The molecule has 3 rings (SSSR count). The van der Waals surface area contributed by atoms with Crippen molar-refractivity contribution >= 4 is 14.7 Å². The standard InChI is InChI=1S/C27H37Si.3CH3.Ti/c1-7-8-12-26(13-10-9-11-14-26)19-27(18-22(4)23(5)24(27)6)28-25-16-20(2)15-21(3)17-25;;;;/h9-11,13,15-17H,7-8,12,14,19,28H2,1-6H3;3*1H3;/q4*-1;+4. The van der Waals surface area contributed by atoms with Gasteiger partial charge in [-0.25, -0.2) is 5.57 Å². The fourth-order valence-electron chi connectivity index (χ4n) is 5.37. The zero-order valence-corrected chi connectivity index (χ0v) is 25.3. The second-order valence-corrected chi connectivity index (χ2v) is 11.8. The van der Waals surface area contributed by atoms with Gasteiger partial charge in [-0.05, 0) is 32.1 Å². The Morgan fingerprint density at radius 1 is 0.938 bits per heavy atom. The maximum Gasteiger partial charge on any atom is 4.00 e. The number of hydrogen-bond acceptors (Lipinski definition) is 0. The molecule has 0 N–H and O–H groups in total. The zero-order chi connectivity index (χ0) is 20.4. The molecule has 0 fully saturated rings. The topological polar surface area (TPSA) is 0 Å². The van der Waals surface area contributed by atoms with Crippen molar-refractivity contribution in [1.29, 1.82) is 0 Å². The predicted molar refractivity (Wildman–Crippen MR) is 146 cm³/mol. The summed E-state index contributed by atoms with van der Waals surface area (Å²) in [6, 6.07) is 7.18. The summed E-state index contributed by atoms with van der Waals surface area (Å²) in [4.78, 5) is 0. The van der Waals surface area contributed by atoms with Crippen LogP contribution in [0.2, 0.25) is 5.04 Å². The smallest absolute Gasteiger partial charge is 0.358 e. The predicted octanol–water partition coefficient (Wildman–Crippen LogP) is 7.79. The summed E-state index contributed by atoms with van der Waals surface area (Å²) in [7, 11) is -0.549. The van der Waals surface area contributed by atoms with E-state index in [1.54, 1.807) is 10.8 Å². The van der Waals surface area contributed by atoms with Crippen LogP contribution in [-0.2, 0) is 21.7 Å². The summed E-state index contributed by atoms with van der Waals surface area (Å²) in [5.41, 5.74) is 7.55. The first-order valence-corrected chi connectivity index (χ1v) is 12.4. The molecule has 2 aliphatic rings. The fraction of sp³-hybridized carbons (Fsp3) is 0.433. The molecule has 0 aliphatic heterocycles. The van der Waals surface area contributed by atoms with Gasteiger partial charge in [0.1, 0.15) is 0 Å². The number of aryl methyl sites for hydroxylation is 2. The molecule has 2 unspecified atom stereocenters. The van der Waals surface area contributed by atoms with Gasteiger partial charge >= 0.3 is 21.7 Å². The van der Waals surface area contributed by atoms with Crippen LogP contribution in [0.25, 0.3) is 0 Å². The van der Waals surface area contributed by atoms with Gasteiger partial charge in [-0.2, -0.15) is 11.1 Å². The summed E-state index contributed by atoms with van der Waals surface area (Å²) in [5.74, 6) is 0. The average molecular weight is 483 g/mol. The first-order valence-electron chi connectivity index (χ1n) is 11.0. The molecular weight excluding hydrogens is 436 g/mol. The molecule has 0 radical (unpaired) electrons. The van der Waals surface area contributed by atoms with Gasteiger partial charge in [-0.3, -0.25) is 6.08 Å². The van der Waals surface area contributed by atoms with Crippen molar-refractivity contribution in [2.75, 3.05) is 0 Å². The summed E-state index contributed by atoms with van der Waals surface area (Å²) >= 11 is 0. The van der Waals surface area contributed by atoms with E-state index in [1.807, 2.05) is 0 Å². The molecule has 0 amide bonds. The second kappa shape index (κ2) is 13.7. The van der Waals surface area contributed by atoms with E-state index in [0.29, 0.717) is 0 Å². The van der Waals surface area contributed by atoms with Gasteiger partial charge in [0.15, 0.2) is 0 Å². The molecule has 1 aromatic carbocycles. The molecule has 2 aliphatic carbocycles. The Morgan fingerprint density at radius 3 is 2.03 bits per heavy atom. The van der Waals surface area contributed by atoms with Crippen LogP contribution in [0.5, 0.6) is 0 Å². The third-order valence-electron chi connectivity index (χ3n) is 6.96. The minimum Gasteiger partial charge on any atom is -0.358 e. The van der Waals surface area contributed by atoms with Crippen molar-refractivity contribution in [2.24, 2.45) is 5.41 Å².